The number of carboxylic acids is 1. The summed E-state index contributed by atoms with van der Waals surface area (Å²) in [5.74, 6) is -1.11. The van der Waals surface area contributed by atoms with Gasteiger partial charge in [0.1, 0.15) is 3.70 Å². The summed E-state index contributed by atoms with van der Waals surface area (Å²) >= 11 is 4.70. The van der Waals surface area contributed by atoms with Crippen LogP contribution in [0.3, 0.4) is 0 Å². The molecule has 0 saturated heterocycles. The molecule has 0 atom stereocenters. The average molecular weight is 392 g/mol. The maximum absolute atomic E-state index is 12.5. The Morgan fingerprint density at radius 3 is 2.73 bits per heavy atom. The monoisotopic (exact) mass is 391 g/mol. The van der Waals surface area contributed by atoms with E-state index in [2.05, 4.69) is 20.9 Å². The lowest BCUT2D eigenvalue weighted by Gasteiger charge is -2.07. The van der Waals surface area contributed by atoms with E-state index in [0.29, 0.717) is 3.70 Å². The molecule has 1 N–H and O–H groups in total. The number of hydrogen-bond acceptors (Lipinski definition) is 2. The second-order valence-corrected chi connectivity index (χ2v) is 4.56. The SMILES string of the molecule is O=C(O)Cc1nc(I)cc(C(F)F)c1Br. The van der Waals surface area contributed by atoms with Crippen molar-refractivity contribution in [1.82, 2.24) is 4.98 Å². The number of aliphatic carboxylic acids is 1. The minimum Gasteiger partial charge on any atom is -0.481 e. The molecule has 1 heterocycles. The summed E-state index contributed by atoms with van der Waals surface area (Å²) in [4.78, 5) is 14.3. The van der Waals surface area contributed by atoms with Gasteiger partial charge in [0.2, 0.25) is 0 Å². The molecule has 1 aromatic heterocycles. The topological polar surface area (TPSA) is 50.2 Å². The fraction of sp³-hybridized carbons (Fsp3) is 0.250. The van der Waals surface area contributed by atoms with Crippen molar-refractivity contribution in [2.24, 2.45) is 0 Å². The normalized spacial score (nSPS) is 10.7. The minimum absolute atomic E-state index is 0.0697. The van der Waals surface area contributed by atoms with Gasteiger partial charge in [0, 0.05) is 10.0 Å². The highest BCUT2D eigenvalue weighted by Crippen LogP contribution is 2.30. The van der Waals surface area contributed by atoms with Gasteiger partial charge >= 0.3 is 5.97 Å². The molecule has 0 unspecified atom stereocenters. The zero-order valence-electron chi connectivity index (χ0n) is 7.18. The molecule has 0 spiro atoms. The number of halogens is 4. The van der Waals surface area contributed by atoms with Crippen LogP contribution in [-0.2, 0) is 11.2 Å². The molecule has 1 rings (SSSR count). The van der Waals surface area contributed by atoms with E-state index in [-0.39, 0.29) is 22.2 Å². The molecule has 15 heavy (non-hydrogen) atoms. The Morgan fingerprint density at radius 2 is 2.27 bits per heavy atom. The van der Waals surface area contributed by atoms with Crippen molar-refractivity contribution in [2.45, 2.75) is 12.8 Å². The first-order chi connectivity index (χ1) is 6.91. The standard InChI is InChI=1S/C8H5BrF2INO2/c9-7-3(8(10)11)1-5(12)13-4(7)2-6(14)15/h1,8H,2H2,(H,14,15). The average Bonchev–Trinajstić information content (AvgIpc) is 2.09. The molecule has 0 amide bonds. The fourth-order valence-electron chi connectivity index (χ4n) is 0.988. The lowest BCUT2D eigenvalue weighted by Crippen LogP contribution is -2.06. The summed E-state index contributed by atoms with van der Waals surface area (Å²) in [6.45, 7) is 0. The molecule has 7 heteroatoms. The summed E-state index contributed by atoms with van der Waals surface area (Å²) in [5, 5.41) is 8.56. The van der Waals surface area contributed by atoms with Crippen molar-refractivity contribution in [2.75, 3.05) is 0 Å². The van der Waals surface area contributed by atoms with Crippen LogP contribution in [0.15, 0.2) is 10.5 Å². The summed E-state index contributed by atoms with van der Waals surface area (Å²) in [6, 6.07) is 1.22. The van der Waals surface area contributed by atoms with Gasteiger partial charge in [0.25, 0.3) is 6.43 Å². The Bertz CT molecular complexity index is 400. The zero-order chi connectivity index (χ0) is 11.6. The van der Waals surface area contributed by atoms with Gasteiger partial charge in [-0.05, 0) is 44.6 Å². The van der Waals surface area contributed by atoms with Crippen molar-refractivity contribution < 1.29 is 18.7 Å². The molecular formula is C8H5BrF2INO2. The van der Waals surface area contributed by atoms with Crippen LogP contribution in [0.4, 0.5) is 8.78 Å². The van der Waals surface area contributed by atoms with Crippen LogP contribution >= 0.6 is 38.5 Å². The van der Waals surface area contributed by atoms with Crippen molar-refractivity contribution in [3.63, 3.8) is 0 Å². The second kappa shape index (κ2) is 5.15. The highest BCUT2D eigenvalue weighted by Gasteiger charge is 2.18. The van der Waals surface area contributed by atoms with Crippen LogP contribution in [0.25, 0.3) is 0 Å². The minimum atomic E-state index is -2.65. The Kier molecular flexibility index (Phi) is 4.38. The maximum Gasteiger partial charge on any atom is 0.309 e. The lowest BCUT2D eigenvalue weighted by molar-refractivity contribution is -0.136. The van der Waals surface area contributed by atoms with Crippen LogP contribution in [-0.4, -0.2) is 16.1 Å². The number of hydrogen-bond donors (Lipinski definition) is 1. The number of alkyl halides is 2. The largest absolute Gasteiger partial charge is 0.481 e. The highest BCUT2D eigenvalue weighted by atomic mass is 127. The number of rotatable bonds is 3. The summed E-state index contributed by atoms with van der Waals surface area (Å²) in [5.41, 5.74) is -0.115. The van der Waals surface area contributed by atoms with Gasteiger partial charge in [-0.3, -0.25) is 4.79 Å². The van der Waals surface area contributed by atoms with E-state index in [1.54, 1.807) is 22.6 Å². The van der Waals surface area contributed by atoms with Crippen LogP contribution in [0, 0.1) is 3.70 Å². The summed E-state index contributed by atoms with van der Waals surface area (Å²) in [7, 11) is 0. The maximum atomic E-state index is 12.5. The van der Waals surface area contributed by atoms with E-state index in [0.717, 1.165) is 0 Å². The molecule has 1 aromatic rings. The van der Waals surface area contributed by atoms with Crippen LogP contribution in [0.5, 0.6) is 0 Å². The van der Waals surface area contributed by atoms with Gasteiger partial charge < -0.3 is 5.11 Å². The molecule has 0 radical (unpaired) electrons. The Balaban J connectivity index is 3.21. The first-order valence-corrected chi connectivity index (χ1v) is 5.63. The van der Waals surface area contributed by atoms with E-state index < -0.39 is 12.4 Å². The molecule has 0 saturated carbocycles. The van der Waals surface area contributed by atoms with E-state index in [1.807, 2.05) is 0 Å². The quantitative estimate of drug-likeness (QED) is 0.636. The Morgan fingerprint density at radius 1 is 1.67 bits per heavy atom. The van der Waals surface area contributed by atoms with E-state index in [1.165, 1.54) is 6.07 Å². The fourth-order valence-corrected chi connectivity index (χ4v) is 2.13. The molecule has 0 fully saturated rings. The molecule has 0 bridgehead atoms. The van der Waals surface area contributed by atoms with Crippen molar-refractivity contribution in [3.05, 3.63) is 25.5 Å². The highest BCUT2D eigenvalue weighted by molar-refractivity contribution is 14.1. The van der Waals surface area contributed by atoms with Gasteiger partial charge in [-0.2, -0.15) is 0 Å². The van der Waals surface area contributed by atoms with Crippen LogP contribution < -0.4 is 0 Å². The first-order valence-electron chi connectivity index (χ1n) is 3.76. The summed E-state index contributed by atoms with van der Waals surface area (Å²) < 4.78 is 25.5. The molecule has 0 aliphatic heterocycles. The number of carboxylic acid groups (broad SMARTS) is 1. The number of pyridine rings is 1. The Labute approximate surface area is 106 Å². The van der Waals surface area contributed by atoms with Crippen molar-refractivity contribution >= 4 is 44.5 Å². The van der Waals surface area contributed by atoms with Gasteiger partial charge in [0.05, 0.1) is 12.1 Å². The Hall–Kier alpha value is -0.310. The molecular weight excluding hydrogens is 387 g/mol. The van der Waals surface area contributed by atoms with Gasteiger partial charge in [-0.25, -0.2) is 13.8 Å². The molecule has 0 aliphatic carbocycles. The van der Waals surface area contributed by atoms with Gasteiger partial charge in [0.15, 0.2) is 0 Å². The number of carbonyl (C=O) groups is 1. The van der Waals surface area contributed by atoms with Crippen LogP contribution in [0.1, 0.15) is 17.7 Å². The number of nitrogens with zero attached hydrogens (tertiary/aromatic N) is 1. The predicted octanol–water partition coefficient (Wildman–Crippen LogP) is 3.01. The third kappa shape index (κ3) is 3.33. The molecule has 82 valence electrons. The first kappa shape index (κ1) is 12.8. The van der Waals surface area contributed by atoms with Crippen molar-refractivity contribution in [3.8, 4) is 0 Å². The smallest absolute Gasteiger partial charge is 0.309 e. The number of aromatic nitrogens is 1. The van der Waals surface area contributed by atoms with Crippen LogP contribution in [0.2, 0.25) is 0 Å². The lowest BCUT2D eigenvalue weighted by atomic mass is 10.2. The molecule has 0 aliphatic rings. The van der Waals surface area contributed by atoms with E-state index >= 15 is 0 Å². The third-order valence-electron chi connectivity index (χ3n) is 1.58. The van der Waals surface area contributed by atoms with Gasteiger partial charge in [-0.1, -0.05) is 0 Å². The summed E-state index contributed by atoms with van der Waals surface area (Å²) in [6.07, 6.45) is -3.03. The molecule has 3 nitrogen and oxygen atoms in total. The zero-order valence-corrected chi connectivity index (χ0v) is 10.9. The van der Waals surface area contributed by atoms with Gasteiger partial charge in [-0.15, -0.1) is 0 Å². The molecule has 0 aromatic carbocycles. The third-order valence-corrected chi connectivity index (χ3v) is 3.05. The van der Waals surface area contributed by atoms with Crippen molar-refractivity contribution in [1.29, 1.82) is 0 Å². The second-order valence-electron chi connectivity index (χ2n) is 2.67. The van der Waals surface area contributed by atoms with E-state index in [9.17, 15) is 13.6 Å². The predicted molar refractivity (Wildman–Crippen MR) is 61.0 cm³/mol. The van der Waals surface area contributed by atoms with E-state index in [4.69, 9.17) is 5.11 Å².